The van der Waals surface area contributed by atoms with Gasteiger partial charge in [0, 0.05) is 6.08 Å². The van der Waals surface area contributed by atoms with Crippen LogP contribution in [0.15, 0.2) is 12.7 Å². The average molecular weight is 252 g/mol. The van der Waals surface area contributed by atoms with Gasteiger partial charge in [-0.25, -0.2) is 4.79 Å². The third-order valence-corrected chi connectivity index (χ3v) is 4.62. The fourth-order valence-corrected chi connectivity index (χ4v) is 3.75. The van der Waals surface area contributed by atoms with E-state index in [0.29, 0.717) is 25.2 Å². The van der Waals surface area contributed by atoms with Gasteiger partial charge in [0.05, 0.1) is 12.7 Å². The first-order valence-corrected chi connectivity index (χ1v) is 7.13. The maximum absolute atomic E-state index is 10.9. The number of fused-ring (bicyclic) bond motifs is 1. The van der Waals surface area contributed by atoms with Crippen molar-refractivity contribution in [1.82, 2.24) is 0 Å². The van der Waals surface area contributed by atoms with Crippen molar-refractivity contribution in [2.75, 3.05) is 13.2 Å². The van der Waals surface area contributed by atoms with Crippen LogP contribution in [0.25, 0.3) is 0 Å². The van der Waals surface area contributed by atoms with Gasteiger partial charge >= 0.3 is 5.97 Å². The predicted octanol–water partition coefficient (Wildman–Crippen LogP) is 2.95. The lowest BCUT2D eigenvalue weighted by atomic mass is 9.88. The van der Waals surface area contributed by atoms with Gasteiger partial charge in [0.2, 0.25) is 0 Å². The SMILES string of the molecule is C=CC(=O)OCCOC(C)C1CCC2CCCC21. The lowest BCUT2D eigenvalue weighted by molar-refractivity contribution is -0.140. The Labute approximate surface area is 110 Å². The van der Waals surface area contributed by atoms with Crippen LogP contribution >= 0.6 is 0 Å². The summed E-state index contributed by atoms with van der Waals surface area (Å²) in [6.45, 7) is 6.35. The summed E-state index contributed by atoms with van der Waals surface area (Å²) < 4.78 is 10.7. The van der Waals surface area contributed by atoms with E-state index in [1.54, 1.807) is 0 Å². The van der Waals surface area contributed by atoms with Gasteiger partial charge in [0.25, 0.3) is 0 Å². The molecule has 0 radical (unpaired) electrons. The standard InChI is InChI=1S/C15H24O3/c1-3-15(16)18-10-9-17-11(2)13-8-7-12-5-4-6-14(12)13/h3,11-14H,1,4-10H2,2H3. The highest BCUT2D eigenvalue weighted by Gasteiger charge is 2.41. The summed E-state index contributed by atoms with van der Waals surface area (Å²) in [5.41, 5.74) is 0. The Morgan fingerprint density at radius 2 is 2.17 bits per heavy atom. The van der Waals surface area contributed by atoms with E-state index in [1.807, 2.05) is 0 Å². The number of carbonyl (C=O) groups is 1. The van der Waals surface area contributed by atoms with Gasteiger partial charge in [-0.3, -0.25) is 0 Å². The van der Waals surface area contributed by atoms with Gasteiger partial charge in [-0.15, -0.1) is 0 Å². The van der Waals surface area contributed by atoms with Crippen molar-refractivity contribution in [1.29, 1.82) is 0 Å². The topological polar surface area (TPSA) is 35.5 Å². The number of hydrogen-bond donors (Lipinski definition) is 0. The lowest BCUT2D eigenvalue weighted by Crippen LogP contribution is -2.26. The van der Waals surface area contributed by atoms with Gasteiger partial charge in [-0.05, 0) is 43.9 Å². The third kappa shape index (κ3) is 3.14. The molecule has 2 aliphatic carbocycles. The van der Waals surface area contributed by atoms with Crippen LogP contribution in [-0.4, -0.2) is 25.3 Å². The third-order valence-electron chi connectivity index (χ3n) is 4.62. The lowest BCUT2D eigenvalue weighted by Gasteiger charge is -2.25. The summed E-state index contributed by atoms with van der Waals surface area (Å²) in [6, 6.07) is 0. The molecule has 3 nitrogen and oxygen atoms in total. The van der Waals surface area contributed by atoms with Crippen molar-refractivity contribution in [2.45, 2.75) is 45.1 Å². The Morgan fingerprint density at radius 1 is 1.33 bits per heavy atom. The zero-order chi connectivity index (χ0) is 13.0. The fraction of sp³-hybridized carbons (Fsp3) is 0.800. The van der Waals surface area contributed by atoms with Crippen molar-refractivity contribution in [2.24, 2.45) is 17.8 Å². The molecule has 0 saturated heterocycles. The monoisotopic (exact) mass is 252 g/mol. The minimum atomic E-state index is -0.372. The van der Waals surface area contributed by atoms with Crippen molar-refractivity contribution >= 4 is 5.97 Å². The molecule has 18 heavy (non-hydrogen) atoms. The quantitative estimate of drug-likeness (QED) is 0.414. The first kappa shape index (κ1) is 13.6. The van der Waals surface area contributed by atoms with Gasteiger partial charge in [-0.2, -0.15) is 0 Å². The Kier molecular flexibility index (Phi) is 4.81. The van der Waals surface area contributed by atoms with E-state index in [4.69, 9.17) is 9.47 Å². The molecule has 0 spiro atoms. The highest BCUT2D eigenvalue weighted by atomic mass is 16.6. The van der Waals surface area contributed by atoms with Crippen molar-refractivity contribution in [3.8, 4) is 0 Å². The van der Waals surface area contributed by atoms with Gasteiger partial charge < -0.3 is 9.47 Å². The largest absolute Gasteiger partial charge is 0.460 e. The summed E-state index contributed by atoms with van der Waals surface area (Å²) in [4.78, 5) is 10.9. The van der Waals surface area contributed by atoms with Crippen LogP contribution < -0.4 is 0 Å². The molecule has 0 bridgehead atoms. The Bertz CT molecular complexity index is 300. The highest BCUT2D eigenvalue weighted by molar-refractivity contribution is 5.81. The number of ether oxygens (including phenoxy) is 2. The molecule has 4 unspecified atom stereocenters. The normalized spacial score (nSPS) is 31.9. The maximum Gasteiger partial charge on any atom is 0.330 e. The molecule has 0 aromatic heterocycles. The molecule has 0 amide bonds. The second kappa shape index (κ2) is 6.37. The van der Waals surface area contributed by atoms with E-state index in [-0.39, 0.29) is 5.97 Å². The van der Waals surface area contributed by atoms with Crippen LogP contribution in [-0.2, 0) is 14.3 Å². The molecular formula is C15H24O3. The van der Waals surface area contributed by atoms with Crippen LogP contribution in [0.1, 0.15) is 39.0 Å². The maximum atomic E-state index is 10.9. The molecular weight excluding hydrogens is 228 g/mol. The molecule has 0 heterocycles. The molecule has 0 aromatic carbocycles. The molecule has 2 saturated carbocycles. The van der Waals surface area contributed by atoms with Gasteiger partial charge in [0.15, 0.2) is 0 Å². The van der Waals surface area contributed by atoms with E-state index < -0.39 is 0 Å². The molecule has 4 atom stereocenters. The Balaban J connectivity index is 1.67. The van der Waals surface area contributed by atoms with E-state index in [2.05, 4.69) is 13.5 Å². The van der Waals surface area contributed by atoms with E-state index in [1.165, 1.54) is 38.2 Å². The Hall–Kier alpha value is -0.830. The van der Waals surface area contributed by atoms with Crippen molar-refractivity contribution in [3.05, 3.63) is 12.7 Å². The molecule has 2 aliphatic rings. The second-order valence-electron chi connectivity index (χ2n) is 5.54. The van der Waals surface area contributed by atoms with E-state index in [0.717, 1.165) is 11.8 Å². The first-order valence-electron chi connectivity index (χ1n) is 7.13. The highest BCUT2D eigenvalue weighted by Crippen LogP contribution is 2.49. The molecule has 0 aliphatic heterocycles. The fourth-order valence-electron chi connectivity index (χ4n) is 3.75. The molecule has 0 aromatic rings. The second-order valence-corrected chi connectivity index (χ2v) is 5.54. The van der Waals surface area contributed by atoms with Crippen molar-refractivity contribution < 1.29 is 14.3 Å². The van der Waals surface area contributed by atoms with Crippen LogP contribution in [0.2, 0.25) is 0 Å². The Morgan fingerprint density at radius 3 is 2.94 bits per heavy atom. The molecule has 2 rings (SSSR count). The summed E-state index contributed by atoms with van der Waals surface area (Å²) in [5.74, 6) is 2.19. The summed E-state index contributed by atoms with van der Waals surface area (Å²) >= 11 is 0. The first-order chi connectivity index (χ1) is 8.72. The van der Waals surface area contributed by atoms with E-state index in [9.17, 15) is 4.79 Å². The predicted molar refractivity (Wildman–Crippen MR) is 70.1 cm³/mol. The number of carbonyl (C=O) groups excluding carboxylic acids is 1. The molecule has 102 valence electrons. The summed E-state index contributed by atoms with van der Waals surface area (Å²) in [7, 11) is 0. The van der Waals surface area contributed by atoms with Crippen LogP contribution in [0, 0.1) is 17.8 Å². The minimum Gasteiger partial charge on any atom is -0.460 e. The van der Waals surface area contributed by atoms with Crippen LogP contribution in [0.5, 0.6) is 0 Å². The smallest absolute Gasteiger partial charge is 0.330 e. The zero-order valence-corrected chi connectivity index (χ0v) is 11.3. The van der Waals surface area contributed by atoms with E-state index >= 15 is 0 Å². The van der Waals surface area contributed by atoms with Crippen LogP contribution in [0.3, 0.4) is 0 Å². The van der Waals surface area contributed by atoms with Crippen LogP contribution in [0.4, 0.5) is 0 Å². The van der Waals surface area contributed by atoms with Crippen molar-refractivity contribution in [3.63, 3.8) is 0 Å². The number of rotatable bonds is 6. The molecule has 3 heteroatoms. The summed E-state index contributed by atoms with van der Waals surface area (Å²) in [6.07, 6.45) is 8.37. The number of hydrogen-bond acceptors (Lipinski definition) is 3. The minimum absolute atomic E-state index is 0.292. The molecule has 2 fully saturated rings. The number of esters is 1. The summed E-state index contributed by atoms with van der Waals surface area (Å²) in [5, 5.41) is 0. The van der Waals surface area contributed by atoms with Gasteiger partial charge in [0.1, 0.15) is 6.61 Å². The van der Waals surface area contributed by atoms with Gasteiger partial charge in [-0.1, -0.05) is 19.4 Å². The molecule has 0 N–H and O–H groups in total. The zero-order valence-electron chi connectivity index (χ0n) is 11.3. The average Bonchev–Trinajstić information content (AvgIpc) is 2.95.